The van der Waals surface area contributed by atoms with Gasteiger partial charge in [-0.3, -0.25) is 0 Å². The van der Waals surface area contributed by atoms with Crippen molar-refractivity contribution in [3.63, 3.8) is 0 Å². The zero-order valence-electron chi connectivity index (χ0n) is 23.2. The molecule has 2 aromatic rings. The summed E-state index contributed by atoms with van der Waals surface area (Å²) in [5.74, 6) is 2.85. The summed E-state index contributed by atoms with van der Waals surface area (Å²) in [7, 11) is 0. The van der Waals surface area contributed by atoms with Gasteiger partial charge in [0.1, 0.15) is 5.75 Å². The standard InChI is InChI=1S/C33H52N2O/c1-2-3-4-5-6-7-9-13-16-19-30-27-34-33(35-28-30)31-22-24-32(25-23-31)36-26-17-14-11-8-10-12-15-18-29-20-21-29/h22-25,27-29H,2-21,26H2,1H3. The monoisotopic (exact) mass is 492 g/mol. The number of unbranched alkanes of at least 4 members (excludes halogenated alkanes) is 14. The number of aryl methyl sites for hydroxylation is 1. The summed E-state index contributed by atoms with van der Waals surface area (Å²) >= 11 is 0. The molecular formula is C33H52N2O. The van der Waals surface area contributed by atoms with Gasteiger partial charge in [0.15, 0.2) is 5.82 Å². The fraction of sp³-hybridized carbons (Fsp3) is 0.697. The molecule has 1 aromatic heterocycles. The summed E-state index contributed by atoms with van der Waals surface area (Å²) in [6.07, 6.45) is 31.3. The summed E-state index contributed by atoms with van der Waals surface area (Å²) in [6.45, 7) is 3.09. The first-order valence-electron chi connectivity index (χ1n) is 15.4. The highest BCUT2D eigenvalue weighted by molar-refractivity contribution is 5.55. The van der Waals surface area contributed by atoms with Crippen molar-refractivity contribution in [1.82, 2.24) is 9.97 Å². The van der Waals surface area contributed by atoms with Crippen LogP contribution in [0.5, 0.6) is 5.75 Å². The van der Waals surface area contributed by atoms with Gasteiger partial charge in [0.25, 0.3) is 0 Å². The smallest absolute Gasteiger partial charge is 0.159 e. The van der Waals surface area contributed by atoms with Crippen molar-refractivity contribution < 1.29 is 4.74 Å². The Morgan fingerprint density at radius 1 is 0.667 bits per heavy atom. The Labute approximate surface area is 221 Å². The van der Waals surface area contributed by atoms with Gasteiger partial charge < -0.3 is 4.74 Å². The number of aromatic nitrogens is 2. The van der Waals surface area contributed by atoms with E-state index in [0.717, 1.165) is 42.5 Å². The van der Waals surface area contributed by atoms with Gasteiger partial charge in [-0.1, -0.05) is 116 Å². The molecule has 0 bridgehead atoms. The van der Waals surface area contributed by atoms with Gasteiger partial charge in [-0.15, -0.1) is 0 Å². The molecule has 0 spiro atoms. The Morgan fingerprint density at radius 3 is 1.83 bits per heavy atom. The number of hydrogen-bond acceptors (Lipinski definition) is 3. The van der Waals surface area contributed by atoms with Crippen LogP contribution in [0.15, 0.2) is 36.7 Å². The van der Waals surface area contributed by atoms with E-state index in [1.165, 1.54) is 121 Å². The summed E-state index contributed by atoms with van der Waals surface area (Å²) in [5.41, 5.74) is 2.30. The second-order valence-corrected chi connectivity index (χ2v) is 11.1. The molecule has 200 valence electrons. The largest absolute Gasteiger partial charge is 0.494 e. The Balaban J connectivity index is 1.20. The SMILES string of the molecule is CCCCCCCCCCCc1cnc(-c2ccc(OCCCCCCCCCC3CC3)cc2)nc1. The summed E-state index contributed by atoms with van der Waals surface area (Å²) in [5, 5.41) is 0. The first-order valence-corrected chi connectivity index (χ1v) is 15.4. The molecule has 1 saturated carbocycles. The first kappa shape index (κ1) is 28.7. The number of rotatable bonds is 22. The van der Waals surface area contributed by atoms with Crippen LogP contribution < -0.4 is 4.74 Å². The van der Waals surface area contributed by atoms with Gasteiger partial charge in [0.05, 0.1) is 6.61 Å². The topological polar surface area (TPSA) is 35.0 Å². The zero-order chi connectivity index (χ0) is 25.1. The molecule has 36 heavy (non-hydrogen) atoms. The lowest BCUT2D eigenvalue weighted by atomic mass is 10.1. The number of hydrogen-bond donors (Lipinski definition) is 0. The van der Waals surface area contributed by atoms with Gasteiger partial charge in [-0.25, -0.2) is 9.97 Å². The highest BCUT2D eigenvalue weighted by Gasteiger charge is 2.19. The fourth-order valence-corrected chi connectivity index (χ4v) is 4.99. The maximum absolute atomic E-state index is 5.95. The van der Waals surface area contributed by atoms with Crippen molar-refractivity contribution >= 4 is 0 Å². The van der Waals surface area contributed by atoms with Crippen LogP contribution in [0.25, 0.3) is 11.4 Å². The summed E-state index contributed by atoms with van der Waals surface area (Å²) in [6, 6.07) is 8.25. The van der Waals surface area contributed by atoms with E-state index in [1.54, 1.807) is 0 Å². The Bertz CT molecular complexity index is 782. The molecule has 3 rings (SSSR count). The molecular weight excluding hydrogens is 440 g/mol. The van der Waals surface area contributed by atoms with Crippen LogP contribution in [0.1, 0.15) is 134 Å². The fourth-order valence-electron chi connectivity index (χ4n) is 4.99. The van der Waals surface area contributed by atoms with Crippen LogP contribution in [0.3, 0.4) is 0 Å². The summed E-state index contributed by atoms with van der Waals surface area (Å²) < 4.78 is 5.95. The van der Waals surface area contributed by atoms with E-state index in [4.69, 9.17) is 4.74 Å². The molecule has 0 saturated heterocycles. The Hall–Kier alpha value is -1.90. The minimum atomic E-state index is 0.800. The third kappa shape index (κ3) is 12.9. The third-order valence-corrected chi connectivity index (χ3v) is 7.61. The molecule has 3 heteroatoms. The van der Waals surface area contributed by atoms with Crippen LogP contribution in [0, 0.1) is 5.92 Å². The summed E-state index contributed by atoms with van der Waals surface area (Å²) in [4.78, 5) is 9.24. The van der Waals surface area contributed by atoms with Crippen LogP contribution in [0.4, 0.5) is 0 Å². The molecule has 0 unspecified atom stereocenters. The quantitative estimate of drug-likeness (QED) is 0.153. The zero-order valence-corrected chi connectivity index (χ0v) is 23.2. The maximum atomic E-state index is 5.95. The van der Waals surface area contributed by atoms with E-state index in [0.29, 0.717) is 0 Å². The van der Waals surface area contributed by atoms with Crippen molar-refractivity contribution in [1.29, 1.82) is 0 Å². The normalized spacial score (nSPS) is 13.2. The lowest BCUT2D eigenvalue weighted by molar-refractivity contribution is 0.304. The van der Waals surface area contributed by atoms with Crippen molar-refractivity contribution in [2.75, 3.05) is 6.61 Å². The molecule has 0 aliphatic heterocycles. The number of benzene rings is 1. The number of nitrogens with zero attached hydrogens (tertiary/aromatic N) is 2. The van der Waals surface area contributed by atoms with Crippen molar-refractivity contribution in [2.45, 2.75) is 135 Å². The average Bonchev–Trinajstić information content (AvgIpc) is 3.74. The predicted octanol–water partition coefficient (Wildman–Crippen LogP) is 10.1. The van der Waals surface area contributed by atoms with E-state index in [1.807, 2.05) is 12.4 Å². The second-order valence-electron chi connectivity index (χ2n) is 11.1. The van der Waals surface area contributed by atoms with Gasteiger partial charge in [-0.05, 0) is 55.0 Å². The van der Waals surface area contributed by atoms with Crippen LogP contribution in [-0.4, -0.2) is 16.6 Å². The average molecular weight is 493 g/mol. The van der Waals surface area contributed by atoms with Crippen LogP contribution >= 0.6 is 0 Å². The highest BCUT2D eigenvalue weighted by atomic mass is 16.5. The van der Waals surface area contributed by atoms with Gasteiger partial charge in [-0.2, -0.15) is 0 Å². The molecule has 0 N–H and O–H groups in total. The molecule has 1 fully saturated rings. The van der Waals surface area contributed by atoms with E-state index < -0.39 is 0 Å². The van der Waals surface area contributed by atoms with Crippen molar-refractivity contribution in [3.05, 3.63) is 42.2 Å². The Morgan fingerprint density at radius 2 is 1.22 bits per heavy atom. The Kier molecular flexibility index (Phi) is 14.6. The first-order chi connectivity index (χ1) is 17.8. The minimum absolute atomic E-state index is 0.800. The van der Waals surface area contributed by atoms with Gasteiger partial charge >= 0.3 is 0 Å². The van der Waals surface area contributed by atoms with Crippen LogP contribution in [-0.2, 0) is 6.42 Å². The predicted molar refractivity (Wildman–Crippen MR) is 154 cm³/mol. The number of ether oxygens (including phenoxy) is 1. The lowest BCUT2D eigenvalue weighted by Gasteiger charge is -2.08. The van der Waals surface area contributed by atoms with E-state index in [-0.39, 0.29) is 0 Å². The molecule has 1 aliphatic rings. The minimum Gasteiger partial charge on any atom is -0.494 e. The van der Waals surface area contributed by atoms with Crippen molar-refractivity contribution in [3.8, 4) is 17.1 Å². The molecule has 0 radical (unpaired) electrons. The lowest BCUT2D eigenvalue weighted by Crippen LogP contribution is -1.97. The van der Waals surface area contributed by atoms with E-state index in [2.05, 4.69) is 41.2 Å². The second kappa shape index (κ2) is 18.4. The van der Waals surface area contributed by atoms with E-state index >= 15 is 0 Å². The van der Waals surface area contributed by atoms with Gasteiger partial charge in [0, 0.05) is 18.0 Å². The van der Waals surface area contributed by atoms with E-state index in [9.17, 15) is 0 Å². The third-order valence-electron chi connectivity index (χ3n) is 7.61. The molecule has 3 nitrogen and oxygen atoms in total. The van der Waals surface area contributed by atoms with Crippen molar-refractivity contribution in [2.24, 2.45) is 5.92 Å². The molecule has 1 heterocycles. The maximum Gasteiger partial charge on any atom is 0.159 e. The molecule has 0 atom stereocenters. The van der Waals surface area contributed by atoms with Crippen LogP contribution in [0.2, 0.25) is 0 Å². The molecule has 1 aromatic carbocycles. The highest BCUT2D eigenvalue weighted by Crippen LogP contribution is 2.34. The molecule has 1 aliphatic carbocycles. The molecule has 0 amide bonds. The van der Waals surface area contributed by atoms with Gasteiger partial charge in [0.2, 0.25) is 0 Å².